The standard InChI is InChI=1S/C11H11NO.C6H4Cl2S/c1-2-4-10-8(3-1)9-5-6-12-7-11(9)13-10;7-4-1-2-5(8)6(9)3-4/h1-4,12H,5-7H2;1-3,9H. The molecule has 0 amide bonds. The third-order valence-corrected chi connectivity index (χ3v) is 4.59. The third kappa shape index (κ3) is 3.44. The van der Waals surface area contributed by atoms with Crippen LogP contribution in [0.1, 0.15) is 11.3 Å². The van der Waals surface area contributed by atoms with E-state index in [1.54, 1.807) is 18.2 Å². The molecule has 0 atom stereocenters. The Hall–Kier alpha value is -1.13. The van der Waals surface area contributed by atoms with Crippen LogP contribution in [0.5, 0.6) is 0 Å². The molecule has 1 aliphatic rings. The zero-order valence-electron chi connectivity index (χ0n) is 11.8. The van der Waals surface area contributed by atoms with Crippen LogP contribution in [0.2, 0.25) is 10.0 Å². The molecule has 22 heavy (non-hydrogen) atoms. The number of benzene rings is 2. The van der Waals surface area contributed by atoms with E-state index >= 15 is 0 Å². The van der Waals surface area contributed by atoms with Gasteiger partial charge < -0.3 is 9.73 Å². The Morgan fingerprint density at radius 3 is 2.68 bits per heavy atom. The second kappa shape index (κ2) is 6.97. The van der Waals surface area contributed by atoms with Gasteiger partial charge in [-0.05, 0) is 37.2 Å². The van der Waals surface area contributed by atoms with Crippen molar-refractivity contribution in [1.82, 2.24) is 5.32 Å². The Bertz CT molecular complexity index is 800. The first-order valence-electron chi connectivity index (χ1n) is 6.99. The molecule has 2 nitrogen and oxygen atoms in total. The van der Waals surface area contributed by atoms with Gasteiger partial charge in [0.15, 0.2) is 0 Å². The molecule has 3 aromatic rings. The summed E-state index contributed by atoms with van der Waals surface area (Å²) >= 11 is 15.3. The molecule has 1 aromatic heterocycles. The van der Waals surface area contributed by atoms with Crippen molar-refractivity contribution in [2.45, 2.75) is 17.9 Å². The zero-order chi connectivity index (χ0) is 15.5. The number of fused-ring (bicyclic) bond motifs is 3. The fourth-order valence-corrected chi connectivity index (χ4v) is 3.05. The van der Waals surface area contributed by atoms with Gasteiger partial charge in [-0.25, -0.2) is 0 Å². The Labute approximate surface area is 144 Å². The first-order valence-corrected chi connectivity index (χ1v) is 8.19. The van der Waals surface area contributed by atoms with Crippen molar-refractivity contribution in [2.24, 2.45) is 0 Å². The predicted molar refractivity (Wildman–Crippen MR) is 95.3 cm³/mol. The van der Waals surface area contributed by atoms with E-state index in [1.807, 2.05) is 12.1 Å². The van der Waals surface area contributed by atoms with Crippen molar-refractivity contribution in [3.8, 4) is 0 Å². The maximum atomic E-state index is 5.73. The number of para-hydroxylation sites is 1. The van der Waals surface area contributed by atoms with E-state index in [2.05, 4.69) is 30.1 Å². The summed E-state index contributed by atoms with van der Waals surface area (Å²) in [5.41, 5.74) is 2.42. The van der Waals surface area contributed by atoms with Crippen molar-refractivity contribution in [2.75, 3.05) is 6.54 Å². The minimum atomic E-state index is 0.628. The topological polar surface area (TPSA) is 25.2 Å². The van der Waals surface area contributed by atoms with Crippen LogP contribution < -0.4 is 5.32 Å². The molecule has 2 heterocycles. The molecular weight excluding hydrogens is 337 g/mol. The van der Waals surface area contributed by atoms with Crippen LogP contribution in [0.25, 0.3) is 11.0 Å². The van der Waals surface area contributed by atoms with Crippen molar-refractivity contribution in [3.63, 3.8) is 0 Å². The Morgan fingerprint density at radius 2 is 1.91 bits per heavy atom. The number of hydrogen-bond acceptors (Lipinski definition) is 3. The van der Waals surface area contributed by atoms with E-state index in [4.69, 9.17) is 27.6 Å². The summed E-state index contributed by atoms with van der Waals surface area (Å²) in [6, 6.07) is 13.4. The largest absolute Gasteiger partial charge is 0.459 e. The number of rotatable bonds is 0. The highest BCUT2D eigenvalue weighted by molar-refractivity contribution is 7.80. The highest BCUT2D eigenvalue weighted by atomic mass is 35.5. The lowest BCUT2D eigenvalue weighted by Gasteiger charge is -2.10. The zero-order valence-corrected chi connectivity index (χ0v) is 14.2. The number of halogens is 2. The fraction of sp³-hybridized carbons (Fsp3) is 0.176. The van der Waals surface area contributed by atoms with Gasteiger partial charge in [0.25, 0.3) is 0 Å². The Morgan fingerprint density at radius 1 is 1.09 bits per heavy atom. The molecule has 0 bridgehead atoms. The quantitative estimate of drug-likeness (QED) is 0.533. The SMILES string of the molecule is Sc1cc(Cl)ccc1Cl.c1ccc2c3c(oc2c1)CNCC3. The lowest BCUT2D eigenvalue weighted by atomic mass is 10.1. The van der Waals surface area contributed by atoms with E-state index in [9.17, 15) is 0 Å². The van der Waals surface area contributed by atoms with Gasteiger partial charge in [0, 0.05) is 20.9 Å². The average molecular weight is 352 g/mol. The van der Waals surface area contributed by atoms with E-state index in [1.165, 1.54) is 10.9 Å². The fourth-order valence-electron chi connectivity index (χ4n) is 2.47. The summed E-state index contributed by atoms with van der Waals surface area (Å²) in [6.45, 7) is 1.94. The van der Waals surface area contributed by atoms with Crippen LogP contribution in [0.15, 0.2) is 51.8 Å². The summed E-state index contributed by atoms with van der Waals surface area (Å²) in [5, 5.41) is 5.88. The maximum Gasteiger partial charge on any atom is 0.134 e. The lowest BCUT2D eigenvalue weighted by Crippen LogP contribution is -2.22. The first-order chi connectivity index (χ1) is 10.6. The van der Waals surface area contributed by atoms with E-state index in [0.717, 1.165) is 30.9 Å². The highest BCUT2D eigenvalue weighted by Crippen LogP contribution is 2.27. The Kier molecular flexibility index (Phi) is 4.99. The van der Waals surface area contributed by atoms with E-state index in [-0.39, 0.29) is 0 Å². The second-order valence-electron chi connectivity index (χ2n) is 5.02. The van der Waals surface area contributed by atoms with Crippen LogP contribution in [0.3, 0.4) is 0 Å². The summed E-state index contributed by atoms with van der Waals surface area (Å²) in [4.78, 5) is 0.712. The predicted octanol–water partition coefficient (Wildman–Crippen LogP) is 5.36. The lowest BCUT2D eigenvalue weighted by molar-refractivity contribution is 0.488. The maximum absolute atomic E-state index is 5.73. The van der Waals surface area contributed by atoms with Gasteiger partial charge in [-0.3, -0.25) is 0 Å². The molecule has 114 valence electrons. The third-order valence-electron chi connectivity index (χ3n) is 3.53. The van der Waals surface area contributed by atoms with Crippen LogP contribution in [-0.2, 0) is 13.0 Å². The van der Waals surface area contributed by atoms with Crippen molar-refractivity contribution >= 4 is 46.8 Å². The monoisotopic (exact) mass is 351 g/mol. The number of thiol groups is 1. The van der Waals surface area contributed by atoms with Crippen molar-refractivity contribution in [1.29, 1.82) is 0 Å². The smallest absolute Gasteiger partial charge is 0.134 e. The van der Waals surface area contributed by atoms with Gasteiger partial charge in [-0.15, -0.1) is 12.6 Å². The van der Waals surface area contributed by atoms with Crippen molar-refractivity contribution in [3.05, 3.63) is 63.8 Å². The van der Waals surface area contributed by atoms with E-state index < -0.39 is 0 Å². The average Bonchev–Trinajstić information content (AvgIpc) is 2.91. The molecule has 4 rings (SSSR count). The summed E-state index contributed by atoms with van der Waals surface area (Å²) in [5.74, 6) is 1.12. The van der Waals surface area contributed by atoms with Gasteiger partial charge >= 0.3 is 0 Å². The number of nitrogens with one attached hydrogen (secondary N) is 1. The molecule has 0 unspecified atom stereocenters. The van der Waals surface area contributed by atoms with Crippen LogP contribution in [-0.4, -0.2) is 6.54 Å². The molecule has 1 N–H and O–H groups in total. The molecular formula is C17H15Cl2NOS. The molecule has 0 aliphatic carbocycles. The number of hydrogen-bond donors (Lipinski definition) is 2. The van der Waals surface area contributed by atoms with Crippen LogP contribution >= 0.6 is 35.8 Å². The number of furan rings is 1. The van der Waals surface area contributed by atoms with E-state index in [0.29, 0.717) is 14.9 Å². The van der Waals surface area contributed by atoms with Gasteiger partial charge in [-0.2, -0.15) is 0 Å². The molecule has 0 spiro atoms. The van der Waals surface area contributed by atoms with Gasteiger partial charge in [0.1, 0.15) is 11.3 Å². The minimum Gasteiger partial charge on any atom is -0.459 e. The summed E-state index contributed by atoms with van der Waals surface area (Å²) in [7, 11) is 0. The summed E-state index contributed by atoms with van der Waals surface area (Å²) < 4.78 is 5.73. The van der Waals surface area contributed by atoms with Crippen molar-refractivity contribution < 1.29 is 4.42 Å². The normalized spacial score (nSPS) is 13.4. The molecule has 1 aliphatic heterocycles. The molecule has 2 aromatic carbocycles. The summed E-state index contributed by atoms with van der Waals surface area (Å²) in [6.07, 6.45) is 1.09. The first kappa shape index (κ1) is 15.8. The molecule has 0 radical (unpaired) electrons. The van der Waals surface area contributed by atoms with Gasteiger partial charge in [0.05, 0.1) is 11.6 Å². The molecule has 5 heteroatoms. The second-order valence-corrected chi connectivity index (χ2v) is 6.35. The molecule has 0 saturated carbocycles. The van der Waals surface area contributed by atoms with Gasteiger partial charge in [-0.1, -0.05) is 41.4 Å². The van der Waals surface area contributed by atoms with Crippen LogP contribution in [0, 0.1) is 0 Å². The minimum absolute atomic E-state index is 0.628. The molecule has 0 fully saturated rings. The van der Waals surface area contributed by atoms with Gasteiger partial charge in [0.2, 0.25) is 0 Å². The Balaban J connectivity index is 0.000000142. The highest BCUT2D eigenvalue weighted by Gasteiger charge is 2.16. The van der Waals surface area contributed by atoms with Crippen LogP contribution in [0.4, 0.5) is 0 Å². The molecule has 0 saturated heterocycles.